The average molecular weight is 226 g/mol. The molecular formula is C10H10O6. The van der Waals surface area contributed by atoms with Gasteiger partial charge in [-0.15, -0.1) is 0 Å². The zero-order valence-electron chi connectivity index (χ0n) is 8.20. The van der Waals surface area contributed by atoms with Crippen molar-refractivity contribution in [2.45, 2.75) is 6.10 Å². The van der Waals surface area contributed by atoms with E-state index in [4.69, 9.17) is 10.2 Å². The van der Waals surface area contributed by atoms with Crippen LogP contribution in [-0.4, -0.2) is 28.8 Å². The third-order valence-corrected chi connectivity index (χ3v) is 1.67. The van der Waals surface area contributed by atoms with E-state index in [1.54, 1.807) is 30.3 Å². The number of aliphatic carboxylic acids is 2. The Labute approximate surface area is 91.0 Å². The van der Waals surface area contributed by atoms with Crippen LogP contribution in [-0.2, 0) is 19.4 Å². The van der Waals surface area contributed by atoms with Gasteiger partial charge in [0.2, 0.25) is 6.10 Å². The lowest BCUT2D eigenvalue weighted by Gasteiger charge is -2.11. The molecule has 1 aromatic carbocycles. The Morgan fingerprint density at radius 1 is 1.19 bits per heavy atom. The summed E-state index contributed by atoms with van der Waals surface area (Å²) in [6.07, 6.45) is -1.33. The van der Waals surface area contributed by atoms with Crippen LogP contribution in [0.5, 0.6) is 0 Å². The van der Waals surface area contributed by atoms with E-state index < -0.39 is 24.6 Å². The van der Waals surface area contributed by atoms with Crippen LogP contribution in [0.15, 0.2) is 30.3 Å². The first-order valence-electron chi connectivity index (χ1n) is 4.39. The van der Waals surface area contributed by atoms with Gasteiger partial charge in [0.05, 0.1) is 0 Å². The number of hydrogen-bond acceptors (Lipinski definition) is 4. The maximum atomic E-state index is 10.8. The molecule has 86 valence electrons. The molecule has 0 saturated heterocycles. The van der Waals surface area contributed by atoms with Crippen LogP contribution < -0.4 is 0 Å². The highest BCUT2D eigenvalue weighted by Crippen LogP contribution is 2.17. The number of hydrogen-bond donors (Lipinski definition) is 2. The second-order valence-electron chi connectivity index (χ2n) is 2.88. The van der Waals surface area contributed by atoms with Gasteiger partial charge in [-0.05, 0) is 5.56 Å². The topological polar surface area (TPSA) is 93.1 Å². The largest absolute Gasteiger partial charge is 0.479 e. The Balaban J connectivity index is 2.62. The highest BCUT2D eigenvalue weighted by Gasteiger charge is 2.21. The van der Waals surface area contributed by atoms with Gasteiger partial charge in [-0.25, -0.2) is 19.4 Å². The number of carbonyl (C=O) groups is 2. The molecule has 6 nitrogen and oxygen atoms in total. The Morgan fingerprint density at radius 3 is 2.31 bits per heavy atom. The minimum Gasteiger partial charge on any atom is -0.479 e. The molecule has 0 fully saturated rings. The van der Waals surface area contributed by atoms with Crippen molar-refractivity contribution in [1.82, 2.24) is 0 Å². The smallest absolute Gasteiger partial charge is 0.340 e. The van der Waals surface area contributed by atoms with E-state index >= 15 is 0 Å². The van der Waals surface area contributed by atoms with Gasteiger partial charge in [0.1, 0.15) is 0 Å². The summed E-state index contributed by atoms with van der Waals surface area (Å²) < 4.78 is 0. The number of carboxylic acid groups (broad SMARTS) is 2. The monoisotopic (exact) mass is 226 g/mol. The maximum Gasteiger partial charge on any atom is 0.340 e. The number of benzene rings is 1. The summed E-state index contributed by atoms with van der Waals surface area (Å²) >= 11 is 0. The Bertz CT molecular complexity index is 361. The Kier molecular flexibility index (Phi) is 4.43. The predicted molar refractivity (Wildman–Crippen MR) is 51.5 cm³/mol. The molecule has 1 unspecified atom stereocenters. The summed E-state index contributed by atoms with van der Waals surface area (Å²) in [6, 6.07) is 8.10. The maximum absolute atomic E-state index is 10.8. The van der Waals surface area contributed by atoms with Crippen molar-refractivity contribution in [3.05, 3.63) is 35.9 Å². The van der Waals surface area contributed by atoms with E-state index in [0.717, 1.165) is 0 Å². The first kappa shape index (κ1) is 12.2. The van der Waals surface area contributed by atoms with Gasteiger partial charge >= 0.3 is 11.9 Å². The third-order valence-electron chi connectivity index (χ3n) is 1.67. The van der Waals surface area contributed by atoms with Crippen LogP contribution in [0.4, 0.5) is 0 Å². The Morgan fingerprint density at radius 2 is 1.81 bits per heavy atom. The average Bonchev–Trinajstić information content (AvgIpc) is 2.25. The summed E-state index contributed by atoms with van der Waals surface area (Å²) in [5.41, 5.74) is 0.375. The second kappa shape index (κ2) is 5.84. The van der Waals surface area contributed by atoms with Gasteiger partial charge < -0.3 is 10.2 Å². The van der Waals surface area contributed by atoms with E-state index in [1.807, 2.05) is 0 Å². The summed E-state index contributed by atoms with van der Waals surface area (Å²) in [6.45, 7) is -0.712. The van der Waals surface area contributed by atoms with E-state index in [-0.39, 0.29) is 0 Å². The zero-order valence-corrected chi connectivity index (χ0v) is 8.20. The zero-order chi connectivity index (χ0) is 12.0. The molecule has 0 radical (unpaired) electrons. The summed E-state index contributed by atoms with van der Waals surface area (Å²) in [4.78, 5) is 29.8. The fraction of sp³-hybridized carbons (Fsp3) is 0.200. The third kappa shape index (κ3) is 3.68. The lowest BCUT2D eigenvalue weighted by atomic mass is 10.1. The van der Waals surface area contributed by atoms with Crippen molar-refractivity contribution < 1.29 is 29.6 Å². The highest BCUT2D eigenvalue weighted by molar-refractivity contribution is 5.74. The first-order valence-corrected chi connectivity index (χ1v) is 4.39. The van der Waals surface area contributed by atoms with Crippen molar-refractivity contribution in [2.75, 3.05) is 6.61 Å². The molecule has 6 heteroatoms. The van der Waals surface area contributed by atoms with Gasteiger partial charge in [0.15, 0.2) is 6.61 Å². The predicted octanol–water partition coefficient (Wildman–Crippen LogP) is 0.845. The normalized spacial score (nSPS) is 12.0. The molecule has 1 atom stereocenters. The van der Waals surface area contributed by atoms with Crippen LogP contribution in [0.3, 0.4) is 0 Å². The van der Waals surface area contributed by atoms with Crippen molar-refractivity contribution in [3.63, 3.8) is 0 Å². The van der Waals surface area contributed by atoms with Gasteiger partial charge in [-0.3, -0.25) is 0 Å². The molecule has 2 N–H and O–H groups in total. The first-order chi connectivity index (χ1) is 7.61. The highest BCUT2D eigenvalue weighted by atomic mass is 17.2. The van der Waals surface area contributed by atoms with E-state index in [9.17, 15) is 9.59 Å². The molecule has 0 spiro atoms. The van der Waals surface area contributed by atoms with Crippen LogP contribution in [0.2, 0.25) is 0 Å². The van der Waals surface area contributed by atoms with Gasteiger partial charge in [0.25, 0.3) is 0 Å². The minimum atomic E-state index is -1.33. The quantitative estimate of drug-likeness (QED) is 0.551. The van der Waals surface area contributed by atoms with Crippen molar-refractivity contribution in [2.24, 2.45) is 0 Å². The number of rotatable bonds is 6. The molecule has 0 heterocycles. The molecule has 0 saturated carbocycles. The lowest BCUT2D eigenvalue weighted by molar-refractivity contribution is -0.319. The Hall–Kier alpha value is -1.92. The van der Waals surface area contributed by atoms with Gasteiger partial charge in [0, 0.05) is 0 Å². The standard InChI is InChI=1S/C10H10O6/c11-8(12)6-15-16-9(10(13)14)7-4-2-1-3-5-7/h1-5,9H,6H2,(H,11,12)(H,13,14). The molecule has 1 rings (SSSR count). The summed E-state index contributed by atoms with van der Waals surface area (Å²) in [7, 11) is 0. The van der Waals surface area contributed by atoms with Crippen molar-refractivity contribution >= 4 is 11.9 Å². The number of carboxylic acids is 2. The SMILES string of the molecule is O=C(O)COOC(C(=O)O)c1ccccc1. The van der Waals surface area contributed by atoms with Crippen LogP contribution in [0.25, 0.3) is 0 Å². The van der Waals surface area contributed by atoms with E-state index in [0.29, 0.717) is 5.56 Å². The van der Waals surface area contributed by atoms with Gasteiger partial charge in [-0.2, -0.15) is 0 Å². The molecule has 0 amide bonds. The summed E-state index contributed by atoms with van der Waals surface area (Å²) in [5, 5.41) is 17.1. The van der Waals surface area contributed by atoms with E-state index in [2.05, 4.69) is 9.78 Å². The van der Waals surface area contributed by atoms with Crippen LogP contribution in [0, 0.1) is 0 Å². The molecule has 16 heavy (non-hydrogen) atoms. The summed E-state index contributed by atoms with van der Waals surface area (Å²) in [5.74, 6) is -2.49. The minimum absolute atomic E-state index is 0.375. The molecule has 0 bridgehead atoms. The van der Waals surface area contributed by atoms with E-state index in [1.165, 1.54) is 0 Å². The van der Waals surface area contributed by atoms with Crippen molar-refractivity contribution in [1.29, 1.82) is 0 Å². The fourth-order valence-corrected chi connectivity index (χ4v) is 1.02. The molecule has 0 aliphatic carbocycles. The molecular weight excluding hydrogens is 216 g/mol. The lowest BCUT2D eigenvalue weighted by Crippen LogP contribution is -2.18. The molecule has 0 aromatic heterocycles. The molecule has 1 aromatic rings. The van der Waals surface area contributed by atoms with Crippen LogP contribution in [0.1, 0.15) is 11.7 Å². The fourth-order valence-electron chi connectivity index (χ4n) is 1.02. The molecule has 0 aliphatic heterocycles. The second-order valence-corrected chi connectivity index (χ2v) is 2.88. The molecule has 0 aliphatic rings. The van der Waals surface area contributed by atoms with Crippen LogP contribution >= 0.6 is 0 Å². The van der Waals surface area contributed by atoms with Crippen molar-refractivity contribution in [3.8, 4) is 0 Å². The van der Waals surface area contributed by atoms with Gasteiger partial charge in [-0.1, -0.05) is 30.3 Å².